The third-order valence-corrected chi connectivity index (χ3v) is 3.73. The predicted octanol–water partition coefficient (Wildman–Crippen LogP) is 2.15. The first-order valence-electron chi connectivity index (χ1n) is 6.71. The number of H-pyrrole nitrogens is 1. The van der Waals surface area contributed by atoms with E-state index >= 15 is 0 Å². The molecule has 0 unspecified atom stereocenters. The monoisotopic (exact) mass is 258 g/mol. The summed E-state index contributed by atoms with van der Waals surface area (Å²) in [6.45, 7) is 2.92. The molecule has 2 N–H and O–H groups in total. The fourth-order valence-electron chi connectivity index (χ4n) is 2.79. The molecule has 1 saturated heterocycles. The van der Waals surface area contributed by atoms with Crippen LogP contribution in [-0.4, -0.2) is 39.6 Å². The summed E-state index contributed by atoms with van der Waals surface area (Å²) in [5, 5.41) is 11.1. The minimum absolute atomic E-state index is 0.0306. The summed E-state index contributed by atoms with van der Waals surface area (Å²) in [5.74, 6) is -0.0306. The Morgan fingerprint density at radius 2 is 2.16 bits per heavy atom. The molecule has 1 aromatic carbocycles. The van der Waals surface area contributed by atoms with Crippen LogP contribution in [0.4, 0.5) is 0 Å². The molecule has 0 aliphatic carbocycles. The van der Waals surface area contributed by atoms with Crippen LogP contribution in [-0.2, 0) is 0 Å². The van der Waals surface area contributed by atoms with E-state index in [0.717, 1.165) is 23.7 Å². The number of fused-ring (bicyclic) bond motifs is 1. The SMILES string of the molecule is CCCC1(O)CN(C(=O)c2cc3ccccc3[nH]2)C1. The molecule has 0 saturated carbocycles. The molecule has 0 radical (unpaired) electrons. The summed E-state index contributed by atoms with van der Waals surface area (Å²) in [7, 11) is 0. The Hall–Kier alpha value is -1.81. The third-order valence-electron chi connectivity index (χ3n) is 3.73. The number of nitrogens with one attached hydrogen (secondary N) is 1. The zero-order chi connectivity index (χ0) is 13.5. The van der Waals surface area contributed by atoms with E-state index in [1.54, 1.807) is 4.90 Å². The zero-order valence-corrected chi connectivity index (χ0v) is 11.0. The lowest BCUT2D eigenvalue weighted by Crippen LogP contribution is -2.63. The van der Waals surface area contributed by atoms with Crippen LogP contribution in [0.5, 0.6) is 0 Å². The molecule has 1 fully saturated rings. The quantitative estimate of drug-likeness (QED) is 0.886. The molecule has 100 valence electrons. The highest BCUT2D eigenvalue weighted by atomic mass is 16.3. The number of likely N-dealkylation sites (tertiary alicyclic amines) is 1. The maximum absolute atomic E-state index is 12.3. The Balaban J connectivity index is 1.75. The van der Waals surface area contributed by atoms with Crippen LogP contribution in [0.15, 0.2) is 30.3 Å². The van der Waals surface area contributed by atoms with Crippen molar-refractivity contribution in [2.75, 3.05) is 13.1 Å². The summed E-state index contributed by atoms with van der Waals surface area (Å²) in [4.78, 5) is 17.1. The number of aromatic amines is 1. The highest BCUT2D eigenvalue weighted by Crippen LogP contribution is 2.27. The van der Waals surface area contributed by atoms with Crippen LogP contribution in [0, 0.1) is 0 Å². The number of aliphatic hydroxyl groups is 1. The smallest absolute Gasteiger partial charge is 0.270 e. The van der Waals surface area contributed by atoms with Crippen molar-refractivity contribution in [2.45, 2.75) is 25.4 Å². The van der Waals surface area contributed by atoms with Gasteiger partial charge in [0.05, 0.1) is 18.7 Å². The van der Waals surface area contributed by atoms with Crippen LogP contribution >= 0.6 is 0 Å². The van der Waals surface area contributed by atoms with Gasteiger partial charge in [-0.1, -0.05) is 31.5 Å². The summed E-state index contributed by atoms with van der Waals surface area (Å²) in [6, 6.07) is 9.70. The van der Waals surface area contributed by atoms with Gasteiger partial charge in [-0.15, -0.1) is 0 Å². The molecule has 0 bridgehead atoms. The summed E-state index contributed by atoms with van der Waals surface area (Å²) in [6.07, 6.45) is 1.69. The van der Waals surface area contributed by atoms with Gasteiger partial charge in [-0.2, -0.15) is 0 Å². The first-order chi connectivity index (χ1) is 9.11. The first-order valence-corrected chi connectivity index (χ1v) is 6.71. The zero-order valence-electron chi connectivity index (χ0n) is 11.0. The van der Waals surface area contributed by atoms with E-state index in [4.69, 9.17) is 0 Å². The van der Waals surface area contributed by atoms with Gasteiger partial charge in [0.1, 0.15) is 5.69 Å². The van der Waals surface area contributed by atoms with Crippen molar-refractivity contribution in [1.82, 2.24) is 9.88 Å². The Labute approximate surface area is 112 Å². The minimum Gasteiger partial charge on any atom is -0.386 e. The van der Waals surface area contributed by atoms with Crippen LogP contribution in [0.3, 0.4) is 0 Å². The molecule has 2 aromatic rings. The Kier molecular flexibility index (Phi) is 2.82. The molecule has 3 rings (SSSR count). The fourth-order valence-corrected chi connectivity index (χ4v) is 2.79. The van der Waals surface area contributed by atoms with Crippen molar-refractivity contribution < 1.29 is 9.90 Å². The van der Waals surface area contributed by atoms with E-state index in [1.165, 1.54) is 0 Å². The number of hydrogen-bond acceptors (Lipinski definition) is 2. The number of β-amino-alcohol motifs (C(OH)–C–C–N with tert-alkyl or cyclic N) is 1. The largest absolute Gasteiger partial charge is 0.386 e. The number of benzene rings is 1. The number of aromatic nitrogens is 1. The van der Waals surface area contributed by atoms with E-state index in [0.29, 0.717) is 18.8 Å². The maximum atomic E-state index is 12.3. The van der Waals surface area contributed by atoms with Crippen LogP contribution in [0.1, 0.15) is 30.3 Å². The van der Waals surface area contributed by atoms with Crippen LogP contribution in [0.25, 0.3) is 10.9 Å². The molecular formula is C15H18N2O2. The van der Waals surface area contributed by atoms with Crippen molar-refractivity contribution in [3.63, 3.8) is 0 Å². The Bertz CT molecular complexity index is 578. The van der Waals surface area contributed by atoms with Gasteiger partial charge >= 0.3 is 0 Å². The molecule has 1 amide bonds. The van der Waals surface area contributed by atoms with Gasteiger partial charge in [0.2, 0.25) is 0 Å². The minimum atomic E-state index is -0.670. The van der Waals surface area contributed by atoms with Crippen molar-refractivity contribution >= 4 is 16.8 Å². The van der Waals surface area contributed by atoms with Crippen molar-refractivity contribution in [1.29, 1.82) is 0 Å². The number of rotatable bonds is 3. The molecule has 0 spiro atoms. The molecule has 4 nitrogen and oxygen atoms in total. The Morgan fingerprint density at radius 1 is 1.42 bits per heavy atom. The summed E-state index contributed by atoms with van der Waals surface area (Å²) in [5.41, 5.74) is 0.895. The number of para-hydroxylation sites is 1. The van der Waals surface area contributed by atoms with Gasteiger partial charge in [-0.25, -0.2) is 0 Å². The topological polar surface area (TPSA) is 56.3 Å². The number of amides is 1. The molecule has 1 aliphatic heterocycles. The summed E-state index contributed by atoms with van der Waals surface area (Å²) >= 11 is 0. The van der Waals surface area contributed by atoms with Crippen molar-refractivity contribution in [3.8, 4) is 0 Å². The highest BCUT2D eigenvalue weighted by molar-refractivity contribution is 5.98. The average Bonchev–Trinajstić information content (AvgIpc) is 2.79. The molecule has 2 heterocycles. The lowest BCUT2D eigenvalue weighted by Gasteiger charge is -2.46. The standard InChI is InChI=1S/C15H18N2O2/c1-2-7-15(19)9-17(10-15)14(18)13-8-11-5-3-4-6-12(11)16-13/h3-6,8,16,19H,2,7,9-10H2,1H3. The predicted molar refractivity (Wildman–Crippen MR) is 74.1 cm³/mol. The van der Waals surface area contributed by atoms with E-state index in [-0.39, 0.29) is 5.91 Å². The van der Waals surface area contributed by atoms with E-state index in [1.807, 2.05) is 37.3 Å². The lowest BCUT2D eigenvalue weighted by atomic mass is 9.89. The van der Waals surface area contributed by atoms with E-state index < -0.39 is 5.60 Å². The van der Waals surface area contributed by atoms with Gasteiger partial charge in [-0.3, -0.25) is 4.79 Å². The molecule has 1 aromatic heterocycles. The van der Waals surface area contributed by atoms with Crippen LogP contribution < -0.4 is 0 Å². The molecule has 19 heavy (non-hydrogen) atoms. The number of nitrogens with zero attached hydrogens (tertiary/aromatic N) is 1. The third kappa shape index (κ3) is 2.12. The molecule has 4 heteroatoms. The molecule has 1 aliphatic rings. The number of carbonyl (C=O) groups excluding carboxylic acids is 1. The average molecular weight is 258 g/mol. The van der Waals surface area contributed by atoms with Gasteiger partial charge in [0.25, 0.3) is 5.91 Å². The van der Waals surface area contributed by atoms with Crippen molar-refractivity contribution in [3.05, 3.63) is 36.0 Å². The number of hydrogen-bond donors (Lipinski definition) is 2. The second kappa shape index (κ2) is 4.38. The normalized spacial score (nSPS) is 17.5. The van der Waals surface area contributed by atoms with Gasteiger partial charge in [-0.05, 0) is 18.6 Å². The molecular weight excluding hydrogens is 240 g/mol. The van der Waals surface area contributed by atoms with Gasteiger partial charge < -0.3 is 15.0 Å². The molecule has 0 atom stereocenters. The number of carbonyl (C=O) groups is 1. The first kappa shape index (κ1) is 12.2. The van der Waals surface area contributed by atoms with E-state index in [2.05, 4.69) is 4.98 Å². The summed E-state index contributed by atoms with van der Waals surface area (Å²) < 4.78 is 0. The lowest BCUT2D eigenvalue weighted by molar-refractivity contribution is -0.0861. The van der Waals surface area contributed by atoms with Gasteiger partial charge in [0, 0.05) is 10.9 Å². The van der Waals surface area contributed by atoms with Crippen molar-refractivity contribution in [2.24, 2.45) is 0 Å². The van der Waals surface area contributed by atoms with Gasteiger partial charge in [0.15, 0.2) is 0 Å². The maximum Gasteiger partial charge on any atom is 0.270 e. The second-order valence-corrected chi connectivity index (χ2v) is 5.41. The fraction of sp³-hybridized carbons (Fsp3) is 0.400. The van der Waals surface area contributed by atoms with Crippen LogP contribution in [0.2, 0.25) is 0 Å². The highest BCUT2D eigenvalue weighted by Gasteiger charge is 2.43. The Morgan fingerprint density at radius 3 is 2.84 bits per heavy atom. The van der Waals surface area contributed by atoms with E-state index in [9.17, 15) is 9.90 Å². The second-order valence-electron chi connectivity index (χ2n) is 5.41.